The normalized spacial score (nSPS) is 11.9. The number of fused-ring (bicyclic) bond motifs is 1. The molecular weight excluding hydrogens is 324 g/mol. The Morgan fingerprint density at radius 1 is 1.16 bits per heavy atom. The number of Topliss-reactive ketones (excluding diaryl/α,β-unsaturated/α-hetero) is 1. The lowest BCUT2D eigenvalue weighted by molar-refractivity contribution is -0.118. The lowest BCUT2D eigenvalue weighted by atomic mass is 10.1. The highest BCUT2D eigenvalue weighted by Gasteiger charge is 2.14. The maximum atomic E-state index is 12.0. The molecule has 7 heteroatoms. The number of carbonyl (C=O) groups is 2. The summed E-state index contributed by atoms with van der Waals surface area (Å²) < 4.78 is 15.9. The predicted molar refractivity (Wildman–Crippen MR) is 92.2 cm³/mol. The third kappa shape index (κ3) is 3.82. The minimum Gasteiger partial charge on any atom is -0.482 e. The number of amides is 1. The number of anilines is 2. The largest absolute Gasteiger partial charge is 0.482 e. The second-order valence-electron chi connectivity index (χ2n) is 5.43. The summed E-state index contributed by atoms with van der Waals surface area (Å²) in [6, 6.07) is 9.89. The van der Waals surface area contributed by atoms with Gasteiger partial charge in [-0.1, -0.05) is 6.92 Å². The average Bonchev–Trinajstić information content (AvgIpc) is 3.07. The Morgan fingerprint density at radius 2 is 1.96 bits per heavy atom. The highest BCUT2D eigenvalue weighted by atomic mass is 16.7. The van der Waals surface area contributed by atoms with Crippen LogP contribution in [0.3, 0.4) is 0 Å². The van der Waals surface area contributed by atoms with Crippen molar-refractivity contribution in [1.82, 2.24) is 0 Å². The van der Waals surface area contributed by atoms with Gasteiger partial charge in [-0.25, -0.2) is 0 Å². The Bertz CT molecular complexity index is 819. The quantitative estimate of drug-likeness (QED) is 0.618. The summed E-state index contributed by atoms with van der Waals surface area (Å²) in [5, 5.41) is 2.71. The van der Waals surface area contributed by atoms with Crippen molar-refractivity contribution in [3.8, 4) is 17.2 Å². The zero-order valence-corrected chi connectivity index (χ0v) is 13.7. The second-order valence-corrected chi connectivity index (χ2v) is 5.43. The van der Waals surface area contributed by atoms with Crippen LogP contribution in [0.5, 0.6) is 17.2 Å². The third-order valence-electron chi connectivity index (χ3n) is 3.67. The number of ketones is 1. The van der Waals surface area contributed by atoms with Gasteiger partial charge in [0.05, 0.1) is 5.69 Å². The Hall–Kier alpha value is -3.22. The van der Waals surface area contributed by atoms with E-state index in [1.165, 1.54) is 0 Å². The number of rotatable bonds is 6. The number of hydrogen-bond acceptors (Lipinski definition) is 6. The molecule has 0 atom stereocenters. The highest BCUT2D eigenvalue weighted by molar-refractivity contribution is 5.97. The molecule has 3 rings (SSSR count). The van der Waals surface area contributed by atoms with Crippen molar-refractivity contribution in [1.29, 1.82) is 0 Å². The van der Waals surface area contributed by atoms with Crippen LogP contribution in [0.2, 0.25) is 0 Å². The average molecular weight is 342 g/mol. The van der Waals surface area contributed by atoms with E-state index in [0.29, 0.717) is 40.6 Å². The van der Waals surface area contributed by atoms with Crippen LogP contribution in [0.15, 0.2) is 36.4 Å². The van der Waals surface area contributed by atoms with Crippen molar-refractivity contribution in [2.75, 3.05) is 24.5 Å². The first-order valence-electron chi connectivity index (χ1n) is 7.82. The molecule has 130 valence electrons. The summed E-state index contributed by atoms with van der Waals surface area (Å²) >= 11 is 0. The zero-order valence-electron chi connectivity index (χ0n) is 13.7. The van der Waals surface area contributed by atoms with Crippen LogP contribution in [0, 0.1) is 0 Å². The first kappa shape index (κ1) is 16.6. The fraction of sp³-hybridized carbons (Fsp3) is 0.222. The standard InChI is InChI=1S/C18H18N2O5/c1-2-14(21)11-3-5-15(13(19)7-11)23-9-18(22)20-12-4-6-16-17(8-12)25-10-24-16/h3-8H,2,9-10,19H2,1H3,(H,20,22). The fourth-order valence-corrected chi connectivity index (χ4v) is 2.37. The monoisotopic (exact) mass is 342 g/mol. The van der Waals surface area contributed by atoms with Gasteiger partial charge in [-0.15, -0.1) is 0 Å². The van der Waals surface area contributed by atoms with Crippen LogP contribution < -0.4 is 25.3 Å². The molecule has 0 unspecified atom stereocenters. The van der Waals surface area contributed by atoms with Crippen molar-refractivity contribution in [2.24, 2.45) is 0 Å². The molecule has 0 aromatic heterocycles. The van der Waals surface area contributed by atoms with Gasteiger partial charge in [-0.3, -0.25) is 9.59 Å². The Morgan fingerprint density at radius 3 is 2.72 bits per heavy atom. The minimum absolute atomic E-state index is 0.00111. The van der Waals surface area contributed by atoms with Gasteiger partial charge in [0.15, 0.2) is 23.9 Å². The van der Waals surface area contributed by atoms with Crippen molar-refractivity contribution in [3.05, 3.63) is 42.0 Å². The van der Waals surface area contributed by atoms with Crippen LogP contribution in [-0.4, -0.2) is 25.1 Å². The number of ether oxygens (including phenoxy) is 3. The number of carbonyl (C=O) groups excluding carboxylic acids is 2. The van der Waals surface area contributed by atoms with Crippen molar-refractivity contribution in [2.45, 2.75) is 13.3 Å². The predicted octanol–water partition coefficient (Wildman–Crippen LogP) is 2.61. The molecule has 2 aromatic rings. The molecule has 1 aliphatic rings. The topological polar surface area (TPSA) is 99.9 Å². The van der Waals surface area contributed by atoms with Gasteiger partial charge >= 0.3 is 0 Å². The molecule has 1 heterocycles. The molecular formula is C18H18N2O5. The first-order valence-corrected chi connectivity index (χ1v) is 7.82. The Labute approximate surface area is 144 Å². The molecule has 1 aliphatic heterocycles. The Kier molecular flexibility index (Phi) is 4.74. The van der Waals surface area contributed by atoms with E-state index in [1.807, 2.05) is 0 Å². The van der Waals surface area contributed by atoms with Gasteiger partial charge in [0.25, 0.3) is 5.91 Å². The summed E-state index contributed by atoms with van der Waals surface area (Å²) in [6.07, 6.45) is 0.400. The molecule has 0 radical (unpaired) electrons. The molecule has 2 aromatic carbocycles. The van der Waals surface area contributed by atoms with E-state index < -0.39 is 0 Å². The molecule has 1 amide bonds. The number of benzene rings is 2. The molecule has 0 fully saturated rings. The molecule has 7 nitrogen and oxygen atoms in total. The third-order valence-corrected chi connectivity index (χ3v) is 3.67. The second kappa shape index (κ2) is 7.12. The van der Waals surface area contributed by atoms with Crippen LogP contribution in [0.25, 0.3) is 0 Å². The van der Waals surface area contributed by atoms with Crippen molar-refractivity contribution >= 4 is 23.1 Å². The molecule has 0 bridgehead atoms. The van der Waals surface area contributed by atoms with Crippen LogP contribution in [-0.2, 0) is 4.79 Å². The molecule has 0 saturated heterocycles. The number of hydrogen-bond donors (Lipinski definition) is 2. The molecule has 25 heavy (non-hydrogen) atoms. The van der Waals surface area contributed by atoms with E-state index in [0.717, 1.165) is 0 Å². The lowest BCUT2D eigenvalue weighted by Gasteiger charge is -2.10. The highest BCUT2D eigenvalue weighted by Crippen LogP contribution is 2.34. The van der Waals surface area contributed by atoms with E-state index in [-0.39, 0.29) is 25.1 Å². The summed E-state index contributed by atoms with van der Waals surface area (Å²) in [5.74, 6) is 1.24. The zero-order chi connectivity index (χ0) is 17.8. The summed E-state index contributed by atoms with van der Waals surface area (Å²) in [5.41, 5.74) is 7.29. The van der Waals surface area contributed by atoms with E-state index in [9.17, 15) is 9.59 Å². The lowest BCUT2D eigenvalue weighted by Crippen LogP contribution is -2.20. The maximum Gasteiger partial charge on any atom is 0.262 e. The molecule has 3 N–H and O–H groups in total. The first-order chi connectivity index (χ1) is 12.1. The summed E-state index contributed by atoms with van der Waals surface area (Å²) in [7, 11) is 0. The number of nitrogens with two attached hydrogens (primary N) is 1. The number of nitrogen functional groups attached to an aromatic ring is 1. The molecule has 0 saturated carbocycles. The van der Waals surface area contributed by atoms with E-state index >= 15 is 0 Å². The number of nitrogens with one attached hydrogen (secondary N) is 1. The molecule has 0 spiro atoms. The van der Waals surface area contributed by atoms with Gasteiger partial charge in [-0.2, -0.15) is 0 Å². The minimum atomic E-state index is -0.341. The van der Waals surface area contributed by atoms with Crippen LogP contribution >= 0.6 is 0 Å². The van der Waals surface area contributed by atoms with Gasteiger partial charge in [0.1, 0.15) is 5.75 Å². The Balaban J connectivity index is 1.58. The maximum absolute atomic E-state index is 12.0. The SMILES string of the molecule is CCC(=O)c1ccc(OCC(=O)Nc2ccc3c(c2)OCO3)c(N)c1. The van der Waals surface area contributed by atoms with Crippen molar-refractivity contribution in [3.63, 3.8) is 0 Å². The van der Waals surface area contributed by atoms with E-state index in [1.54, 1.807) is 43.3 Å². The van der Waals surface area contributed by atoms with Gasteiger partial charge in [0, 0.05) is 23.7 Å². The van der Waals surface area contributed by atoms with E-state index in [2.05, 4.69) is 5.32 Å². The van der Waals surface area contributed by atoms with Crippen molar-refractivity contribution < 1.29 is 23.8 Å². The van der Waals surface area contributed by atoms with Gasteiger partial charge < -0.3 is 25.3 Å². The van der Waals surface area contributed by atoms with Crippen LogP contribution in [0.1, 0.15) is 23.7 Å². The smallest absolute Gasteiger partial charge is 0.262 e. The van der Waals surface area contributed by atoms with Gasteiger partial charge in [0.2, 0.25) is 6.79 Å². The van der Waals surface area contributed by atoms with Gasteiger partial charge in [-0.05, 0) is 30.3 Å². The fourth-order valence-electron chi connectivity index (χ4n) is 2.37. The van der Waals surface area contributed by atoms with Crippen LogP contribution in [0.4, 0.5) is 11.4 Å². The summed E-state index contributed by atoms with van der Waals surface area (Å²) in [4.78, 5) is 23.7. The summed E-state index contributed by atoms with van der Waals surface area (Å²) in [6.45, 7) is 1.74. The molecule has 0 aliphatic carbocycles. The van der Waals surface area contributed by atoms with E-state index in [4.69, 9.17) is 19.9 Å².